The molecule has 2 N–H and O–H groups in total. The first kappa shape index (κ1) is 14.8. The molecule has 0 radical (unpaired) electrons. The van der Waals surface area contributed by atoms with E-state index >= 15 is 0 Å². The summed E-state index contributed by atoms with van der Waals surface area (Å²) in [5, 5.41) is 15.5. The van der Waals surface area contributed by atoms with Gasteiger partial charge in [-0.3, -0.25) is 4.40 Å². The molecule has 1 aliphatic carbocycles. The van der Waals surface area contributed by atoms with Crippen molar-refractivity contribution in [2.24, 2.45) is 5.92 Å². The Labute approximate surface area is 148 Å². The molecule has 4 aromatic rings. The quantitative estimate of drug-likeness (QED) is 0.587. The maximum Gasteiger partial charge on any atom is 0.182 e. The zero-order valence-electron chi connectivity index (χ0n) is 13.9. The number of H-pyrrole nitrogens is 1. The van der Waals surface area contributed by atoms with Gasteiger partial charge in [0, 0.05) is 29.7 Å². The molecule has 1 aliphatic rings. The first-order valence-electron chi connectivity index (χ1n) is 8.66. The SMILES string of the molecule is CC[C@@H]1C[C@H](Nc2nccs2)C[C@@H]1c1nnc2cnc3[nH]ccc3n12. The molecule has 0 amide bonds. The number of thiazole rings is 1. The van der Waals surface area contributed by atoms with E-state index in [0.717, 1.165) is 47.0 Å². The molecule has 128 valence electrons. The van der Waals surface area contributed by atoms with Crippen molar-refractivity contribution in [1.29, 1.82) is 0 Å². The standard InChI is InChI=1S/C17H19N7S/c1-2-10-7-11(21-17-19-5-6-25-17)8-12(10)16-23-22-14-9-20-15-13(24(14)16)3-4-18-15/h3-6,9-12,18H,2,7-8H2,1H3,(H,19,21)/t10-,11+,12+/m1/s1. The molecular formula is C17H19N7S. The molecule has 4 aromatic heterocycles. The fourth-order valence-corrected chi connectivity index (χ4v) is 4.72. The Balaban J connectivity index is 1.53. The molecule has 4 heterocycles. The zero-order chi connectivity index (χ0) is 16.8. The minimum atomic E-state index is 0.387. The minimum Gasteiger partial charge on any atom is -0.359 e. The number of hydrogen-bond donors (Lipinski definition) is 2. The number of anilines is 1. The van der Waals surface area contributed by atoms with Crippen LogP contribution < -0.4 is 5.32 Å². The van der Waals surface area contributed by atoms with Gasteiger partial charge in [-0.2, -0.15) is 0 Å². The van der Waals surface area contributed by atoms with E-state index in [1.165, 1.54) is 0 Å². The molecule has 0 aromatic carbocycles. The Morgan fingerprint density at radius 1 is 1.32 bits per heavy atom. The van der Waals surface area contributed by atoms with Crippen LogP contribution in [0.3, 0.4) is 0 Å². The Kier molecular flexibility index (Phi) is 3.44. The second kappa shape index (κ2) is 5.80. The molecule has 25 heavy (non-hydrogen) atoms. The first-order chi connectivity index (χ1) is 12.3. The fourth-order valence-electron chi connectivity index (χ4n) is 4.12. The number of rotatable bonds is 4. The molecule has 0 aliphatic heterocycles. The lowest BCUT2D eigenvalue weighted by molar-refractivity contribution is 0.451. The van der Waals surface area contributed by atoms with Crippen LogP contribution >= 0.6 is 11.3 Å². The third-order valence-corrected chi connectivity index (χ3v) is 5.98. The highest BCUT2D eigenvalue weighted by Crippen LogP contribution is 2.42. The Bertz CT molecular complexity index is 1000. The van der Waals surface area contributed by atoms with Crippen LogP contribution in [0.1, 0.15) is 37.9 Å². The largest absolute Gasteiger partial charge is 0.359 e. The minimum absolute atomic E-state index is 0.387. The van der Waals surface area contributed by atoms with Gasteiger partial charge in [0.2, 0.25) is 0 Å². The van der Waals surface area contributed by atoms with Gasteiger partial charge in [-0.25, -0.2) is 9.97 Å². The van der Waals surface area contributed by atoms with Gasteiger partial charge in [0.05, 0.1) is 11.7 Å². The molecule has 1 fully saturated rings. The molecule has 0 unspecified atom stereocenters. The molecule has 3 atom stereocenters. The summed E-state index contributed by atoms with van der Waals surface area (Å²) in [5.74, 6) is 2.03. The van der Waals surface area contributed by atoms with E-state index in [1.807, 2.05) is 23.8 Å². The molecule has 0 bridgehead atoms. The molecule has 1 saturated carbocycles. The van der Waals surface area contributed by atoms with Crippen LogP contribution in [0.5, 0.6) is 0 Å². The van der Waals surface area contributed by atoms with Crippen molar-refractivity contribution >= 4 is 33.3 Å². The lowest BCUT2D eigenvalue weighted by Crippen LogP contribution is -2.15. The van der Waals surface area contributed by atoms with Crippen LogP contribution in [-0.4, -0.2) is 35.6 Å². The third kappa shape index (κ3) is 2.39. The Morgan fingerprint density at radius 3 is 3.12 bits per heavy atom. The Morgan fingerprint density at radius 2 is 2.28 bits per heavy atom. The summed E-state index contributed by atoms with van der Waals surface area (Å²) >= 11 is 1.66. The average molecular weight is 353 g/mol. The van der Waals surface area contributed by atoms with Crippen molar-refractivity contribution in [3.05, 3.63) is 35.9 Å². The maximum absolute atomic E-state index is 4.55. The highest BCUT2D eigenvalue weighted by Gasteiger charge is 2.37. The van der Waals surface area contributed by atoms with Gasteiger partial charge < -0.3 is 10.3 Å². The smallest absolute Gasteiger partial charge is 0.182 e. The predicted octanol–water partition coefficient (Wildman–Crippen LogP) is 3.45. The predicted molar refractivity (Wildman–Crippen MR) is 97.9 cm³/mol. The van der Waals surface area contributed by atoms with Crippen molar-refractivity contribution in [2.45, 2.75) is 38.1 Å². The molecule has 8 heteroatoms. The van der Waals surface area contributed by atoms with E-state index < -0.39 is 0 Å². The van der Waals surface area contributed by atoms with Crippen LogP contribution in [0.2, 0.25) is 0 Å². The van der Waals surface area contributed by atoms with Crippen LogP contribution in [0.25, 0.3) is 16.8 Å². The van der Waals surface area contributed by atoms with E-state index in [1.54, 1.807) is 17.5 Å². The van der Waals surface area contributed by atoms with E-state index in [-0.39, 0.29) is 0 Å². The zero-order valence-corrected chi connectivity index (χ0v) is 14.7. The summed E-state index contributed by atoms with van der Waals surface area (Å²) < 4.78 is 2.16. The lowest BCUT2D eigenvalue weighted by atomic mass is 9.93. The van der Waals surface area contributed by atoms with E-state index in [9.17, 15) is 0 Å². The average Bonchev–Trinajstić information content (AvgIpc) is 3.40. The number of aromatic nitrogens is 6. The van der Waals surface area contributed by atoms with Crippen molar-refractivity contribution < 1.29 is 0 Å². The van der Waals surface area contributed by atoms with Crippen molar-refractivity contribution in [3.8, 4) is 0 Å². The second-order valence-electron chi connectivity index (χ2n) is 6.65. The van der Waals surface area contributed by atoms with Crippen LogP contribution in [0.15, 0.2) is 30.0 Å². The summed E-state index contributed by atoms with van der Waals surface area (Å²) in [4.78, 5) is 12.0. The first-order valence-corrected chi connectivity index (χ1v) is 9.54. The molecule has 7 nitrogen and oxygen atoms in total. The highest BCUT2D eigenvalue weighted by atomic mass is 32.1. The topological polar surface area (TPSA) is 83.8 Å². The van der Waals surface area contributed by atoms with Crippen LogP contribution in [0, 0.1) is 5.92 Å². The van der Waals surface area contributed by atoms with E-state index in [4.69, 9.17) is 0 Å². The van der Waals surface area contributed by atoms with Gasteiger partial charge in [0.15, 0.2) is 16.4 Å². The molecular weight excluding hydrogens is 334 g/mol. The number of fused-ring (bicyclic) bond motifs is 3. The number of aromatic amines is 1. The maximum atomic E-state index is 4.55. The van der Waals surface area contributed by atoms with Gasteiger partial charge in [0.1, 0.15) is 5.82 Å². The van der Waals surface area contributed by atoms with Crippen molar-refractivity contribution in [1.82, 2.24) is 29.5 Å². The fraction of sp³-hybridized carbons (Fsp3) is 0.412. The second-order valence-corrected chi connectivity index (χ2v) is 7.54. The monoisotopic (exact) mass is 353 g/mol. The van der Waals surface area contributed by atoms with Crippen LogP contribution in [-0.2, 0) is 0 Å². The third-order valence-electron chi connectivity index (χ3n) is 5.28. The molecule has 0 saturated heterocycles. The van der Waals surface area contributed by atoms with Crippen molar-refractivity contribution in [2.75, 3.05) is 5.32 Å². The lowest BCUT2D eigenvalue weighted by Gasteiger charge is -2.15. The molecule has 0 spiro atoms. The van der Waals surface area contributed by atoms with Gasteiger partial charge in [-0.1, -0.05) is 13.3 Å². The normalized spacial score (nSPS) is 23.6. The van der Waals surface area contributed by atoms with E-state index in [2.05, 4.69) is 41.8 Å². The van der Waals surface area contributed by atoms with Gasteiger partial charge in [-0.05, 0) is 24.8 Å². The summed E-state index contributed by atoms with van der Waals surface area (Å²) in [6.07, 6.45) is 8.87. The summed E-state index contributed by atoms with van der Waals surface area (Å²) in [6.45, 7) is 2.26. The van der Waals surface area contributed by atoms with Gasteiger partial charge >= 0.3 is 0 Å². The Hall–Kier alpha value is -2.48. The van der Waals surface area contributed by atoms with Crippen molar-refractivity contribution in [3.63, 3.8) is 0 Å². The molecule has 5 rings (SSSR count). The summed E-state index contributed by atoms with van der Waals surface area (Å²) in [6, 6.07) is 2.47. The summed E-state index contributed by atoms with van der Waals surface area (Å²) in [5.41, 5.74) is 2.73. The van der Waals surface area contributed by atoms with E-state index in [0.29, 0.717) is 17.9 Å². The number of hydrogen-bond acceptors (Lipinski definition) is 6. The van der Waals surface area contributed by atoms with Gasteiger partial charge in [-0.15, -0.1) is 21.5 Å². The summed E-state index contributed by atoms with van der Waals surface area (Å²) in [7, 11) is 0. The number of nitrogens with one attached hydrogen (secondary N) is 2. The highest BCUT2D eigenvalue weighted by molar-refractivity contribution is 7.13. The van der Waals surface area contributed by atoms with Crippen LogP contribution in [0.4, 0.5) is 5.13 Å². The number of nitrogens with zero attached hydrogens (tertiary/aromatic N) is 5. The van der Waals surface area contributed by atoms with Gasteiger partial charge in [0.25, 0.3) is 0 Å².